The summed E-state index contributed by atoms with van der Waals surface area (Å²) in [4.78, 5) is 0.269. The van der Waals surface area contributed by atoms with E-state index in [-0.39, 0.29) is 17.4 Å². The van der Waals surface area contributed by atoms with Gasteiger partial charge in [0.15, 0.2) is 0 Å². The molecule has 0 aromatic heterocycles. The highest BCUT2D eigenvalue weighted by molar-refractivity contribution is 7.89. The molecule has 2 rings (SSSR count). The summed E-state index contributed by atoms with van der Waals surface area (Å²) in [5.74, 6) is 1.60. The molecule has 0 bridgehead atoms. The number of benzene rings is 2. The Morgan fingerprint density at radius 2 is 1.85 bits per heavy atom. The zero-order chi connectivity index (χ0) is 19.3. The SMILES string of the molecule is CCOc1cccc(CN(C)S(=O)(=O)c2ccc(OC)c(C(C)C)c2)c1. The Kier molecular flexibility index (Phi) is 6.67. The van der Waals surface area contributed by atoms with Gasteiger partial charge < -0.3 is 9.47 Å². The monoisotopic (exact) mass is 377 g/mol. The van der Waals surface area contributed by atoms with Gasteiger partial charge in [0.2, 0.25) is 10.0 Å². The number of methoxy groups -OCH3 is 1. The van der Waals surface area contributed by atoms with E-state index in [0.717, 1.165) is 16.9 Å². The average Bonchev–Trinajstić information content (AvgIpc) is 2.61. The number of ether oxygens (including phenoxy) is 2. The van der Waals surface area contributed by atoms with E-state index >= 15 is 0 Å². The Morgan fingerprint density at radius 1 is 1.12 bits per heavy atom. The molecule has 0 aliphatic heterocycles. The summed E-state index contributed by atoms with van der Waals surface area (Å²) in [5, 5.41) is 0. The van der Waals surface area contributed by atoms with Gasteiger partial charge in [0.25, 0.3) is 0 Å². The van der Waals surface area contributed by atoms with Crippen molar-refractivity contribution in [1.82, 2.24) is 4.31 Å². The summed E-state index contributed by atoms with van der Waals surface area (Å²) < 4.78 is 38.1. The van der Waals surface area contributed by atoms with Crippen molar-refractivity contribution < 1.29 is 17.9 Å². The molecule has 0 saturated carbocycles. The van der Waals surface area contributed by atoms with Gasteiger partial charge in [-0.3, -0.25) is 0 Å². The lowest BCUT2D eigenvalue weighted by Gasteiger charge is -2.20. The minimum absolute atomic E-state index is 0.160. The van der Waals surface area contributed by atoms with Crippen molar-refractivity contribution in [2.24, 2.45) is 0 Å². The van der Waals surface area contributed by atoms with Crippen LogP contribution in [0.1, 0.15) is 37.8 Å². The van der Waals surface area contributed by atoms with Crippen LogP contribution in [0.25, 0.3) is 0 Å². The lowest BCUT2D eigenvalue weighted by Crippen LogP contribution is -2.26. The number of nitrogens with zero attached hydrogens (tertiary/aromatic N) is 1. The normalized spacial score (nSPS) is 11.8. The lowest BCUT2D eigenvalue weighted by molar-refractivity contribution is 0.339. The van der Waals surface area contributed by atoms with Crippen molar-refractivity contribution in [3.05, 3.63) is 53.6 Å². The van der Waals surface area contributed by atoms with Crippen LogP contribution in [0.3, 0.4) is 0 Å². The molecule has 2 aromatic carbocycles. The van der Waals surface area contributed by atoms with Crippen LogP contribution in [0, 0.1) is 0 Å². The van der Waals surface area contributed by atoms with E-state index in [9.17, 15) is 8.42 Å². The smallest absolute Gasteiger partial charge is 0.243 e. The first-order chi connectivity index (χ1) is 12.3. The summed E-state index contributed by atoms with van der Waals surface area (Å²) in [7, 11) is -0.431. The summed E-state index contributed by atoms with van der Waals surface area (Å²) in [6.07, 6.45) is 0. The van der Waals surface area contributed by atoms with Crippen LogP contribution in [0.2, 0.25) is 0 Å². The second-order valence-electron chi connectivity index (χ2n) is 6.40. The van der Waals surface area contributed by atoms with Crippen LogP contribution < -0.4 is 9.47 Å². The highest BCUT2D eigenvalue weighted by Crippen LogP contribution is 2.30. The van der Waals surface area contributed by atoms with Gasteiger partial charge in [0.1, 0.15) is 11.5 Å². The minimum Gasteiger partial charge on any atom is -0.496 e. The van der Waals surface area contributed by atoms with Gasteiger partial charge in [0.05, 0.1) is 18.6 Å². The van der Waals surface area contributed by atoms with Crippen molar-refractivity contribution in [3.8, 4) is 11.5 Å². The maximum absolute atomic E-state index is 13.0. The highest BCUT2D eigenvalue weighted by Gasteiger charge is 2.23. The predicted octanol–water partition coefficient (Wildman–Crippen LogP) is 4.04. The third kappa shape index (κ3) is 4.56. The minimum atomic E-state index is -3.61. The maximum atomic E-state index is 13.0. The van der Waals surface area contributed by atoms with Gasteiger partial charge >= 0.3 is 0 Å². The molecule has 26 heavy (non-hydrogen) atoms. The number of hydrogen-bond donors (Lipinski definition) is 0. The van der Waals surface area contributed by atoms with Gasteiger partial charge in [-0.25, -0.2) is 8.42 Å². The molecular formula is C20H27NO4S. The van der Waals surface area contributed by atoms with Crippen LogP contribution >= 0.6 is 0 Å². The molecular weight excluding hydrogens is 350 g/mol. The van der Waals surface area contributed by atoms with Crippen LogP contribution in [0.15, 0.2) is 47.4 Å². The molecule has 0 spiro atoms. The standard InChI is InChI=1S/C20H27NO4S/c1-6-25-17-9-7-8-16(12-17)14-21(4)26(22,23)18-10-11-20(24-5)19(13-18)15(2)3/h7-13,15H,6,14H2,1-5H3. The highest BCUT2D eigenvalue weighted by atomic mass is 32.2. The van der Waals surface area contributed by atoms with E-state index in [4.69, 9.17) is 9.47 Å². The molecule has 5 nitrogen and oxygen atoms in total. The molecule has 0 atom stereocenters. The van der Waals surface area contributed by atoms with E-state index < -0.39 is 10.0 Å². The van der Waals surface area contributed by atoms with Crippen molar-refractivity contribution in [2.45, 2.75) is 38.1 Å². The average molecular weight is 378 g/mol. The molecule has 0 saturated heterocycles. The van der Waals surface area contributed by atoms with Crippen LogP contribution in [0.4, 0.5) is 0 Å². The third-order valence-electron chi connectivity index (χ3n) is 4.15. The van der Waals surface area contributed by atoms with E-state index in [1.54, 1.807) is 32.4 Å². The molecule has 2 aromatic rings. The molecule has 0 aliphatic carbocycles. The van der Waals surface area contributed by atoms with E-state index in [0.29, 0.717) is 12.4 Å². The van der Waals surface area contributed by atoms with Gasteiger partial charge in [-0.2, -0.15) is 4.31 Å². The zero-order valence-electron chi connectivity index (χ0n) is 16.0. The number of hydrogen-bond acceptors (Lipinski definition) is 4. The first-order valence-corrected chi connectivity index (χ1v) is 10.1. The summed E-state index contributed by atoms with van der Waals surface area (Å²) in [6.45, 7) is 6.78. The largest absolute Gasteiger partial charge is 0.496 e. The van der Waals surface area contributed by atoms with E-state index in [2.05, 4.69) is 0 Å². The number of rotatable bonds is 8. The van der Waals surface area contributed by atoms with Gasteiger partial charge in [-0.15, -0.1) is 0 Å². The van der Waals surface area contributed by atoms with Crippen LogP contribution in [0.5, 0.6) is 11.5 Å². The summed E-state index contributed by atoms with van der Waals surface area (Å²) in [6, 6.07) is 12.5. The van der Waals surface area contributed by atoms with Gasteiger partial charge in [-0.05, 0) is 54.3 Å². The van der Waals surface area contributed by atoms with Crippen LogP contribution in [-0.4, -0.2) is 33.5 Å². The fraction of sp³-hybridized carbons (Fsp3) is 0.400. The van der Waals surface area contributed by atoms with Gasteiger partial charge in [-0.1, -0.05) is 26.0 Å². The fourth-order valence-corrected chi connectivity index (χ4v) is 3.94. The molecule has 6 heteroatoms. The Balaban J connectivity index is 2.29. The third-order valence-corrected chi connectivity index (χ3v) is 5.95. The second-order valence-corrected chi connectivity index (χ2v) is 8.44. The molecule has 142 valence electrons. The molecule has 0 aliphatic rings. The molecule has 0 N–H and O–H groups in total. The molecule has 0 unspecified atom stereocenters. The Morgan fingerprint density at radius 3 is 2.46 bits per heavy atom. The first kappa shape index (κ1) is 20.3. The zero-order valence-corrected chi connectivity index (χ0v) is 16.8. The van der Waals surface area contributed by atoms with E-state index in [1.807, 2.05) is 45.0 Å². The second kappa shape index (κ2) is 8.56. The molecule has 0 radical (unpaired) electrons. The van der Waals surface area contributed by atoms with E-state index in [1.165, 1.54) is 4.31 Å². The fourth-order valence-electron chi connectivity index (χ4n) is 2.75. The van der Waals surface area contributed by atoms with Crippen molar-refractivity contribution in [3.63, 3.8) is 0 Å². The molecule has 0 heterocycles. The van der Waals surface area contributed by atoms with Crippen LogP contribution in [-0.2, 0) is 16.6 Å². The molecule has 0 fully saturated rings. The topological polar surface area (TPSA) is 55.8 Å². The predicted molar refractivity (Wildman–Crippen MR) is 103 cm³/mol. The lowest BCUT2D eigenvalue weighted by atomic mass is 10.0. The first-order valence-electron chi connectivity index (χ1n) is 8.65. The van der Waals surface area contributed by atoms with Crippen molar-refractivity contribution in [1.29, 1.82) is 0 Å². The number of sulfonamides is 1. The summed E-state index contributed by atoms with van der Waals surface area (Å²) in [5.41, 5.74) is 1.75. The van der Waals surface area contributed by atoms with Crippen molar-refractivity contribution in [2.75, 3.05) is 20.8 Å². The van der Waals surface area contributed by atoms with Crippen molar-refractivity contribution >= 4 is 10.0 Å². The Hall–Kier alpha value is -2.05. The quantitative estimate of drug-likeness (QED) is 0.697. The Bertz CT molecular complexity index is 847. The van der Waals surface area contributed by atoms with Gasteiger partial charge in [0, 0.05) is 13.6 Å². The maximum Gasteiger partial charge on any atom is 0.243 e. The Labute approximate surface area is 156 Å². The molecule has 0 amide bonds. The summed E-state index contributed by atoms with van der Waals surface area (Å²) >= 11 is 0.